The second kappa shape index (κ2) is 8.12. The highest BCUT2D eigenvalue weighted by Gasteiger charge is 2.21. The third-order valence-corrected chi connectivity index (χ3v) is 4.86. The summed E-state index contributed by atoms with van der Waals surface area (Å²) in [6.07, 6.45) is 0. The lowest BCUT2D eigenvalue weighted by atomic mass is 10.1. The summed E-state index contributed by atoms with van der Waals surface area (Å²) in [6.45, 7) is 8.65. The second-order valence-corrected chi connectivity index (χ2v) is 6.93. The Morgan fingerprint density at radius 2 is 1.52 bits per heavy atom. The SMILES string of the molecule is CC(=O)Nc1cccc(NC(=O)N2CCN(c3ccc(C)c(C)c3)CC2)c1. The van der Waals surface area contributed by atoms with Gasteiger partial charge in [-0.25, -0.2) is 4.79 Å². The Balaban J connectivity index is 1.57. The summed E-state index contributed by atoms with van der Waals surface area (Å²) in [5.74, 6) is -0.138. The number of piperazine rings is 1. The molecule has 27 heavy (non-hydrogen) atoms. The van der Waals surface area contributed by atoms with Gasteiger partial charge >= 0.3 is 6.03 Å². The fourth-order valence-electron chi connectivity index (χ4n) is 3.17. The van der Waals surface area contributed by atoms with Crippen LogP contribution in [0.4, 0.5) is 21.9 Å². The van der Waals surface area contributed by atoms with Crippen molar-refractivity contribution >= 4 is 29.0 Å². The maximum Gasteiger partial charge on any atom is 0.321 e. The largest absolute Gasteiger partial charge is 0.368 e. The van der Waals surface area contributed by atoms with Crippen LogP contribution in [-0.2, 0) is 4.79 Å². The Morgan fingerprint density at radius 3 is 2.15 bits per heavy atom. The highest BCUT2D eigenvalue weighted by molar-refractivity contribution is 5.92. The monoisotopic (exact) mass is 366 g/mol. The minimum Gasteiger partial charge on any atom is -0.368 e. The van der Waals surface area contributed by atoms with Gasteiger partial charge < -0.3 is 20.4 Å². The van der Waals surface area contributed by atoms with Crippen molar-refractivity contribution in [3.8, 4) is 0 Å². The zero-order chi connectivity index (χ0) is 19.4. The molecule has 6 heteroatoms. The fraction of sp³-hybridized carbons (Fsp3) is 0.333. The third-order valence-electron chi connectivity index (χ3n) is 4.86. The summed E-state index contributed by atoms with van der Waals surface area (Å²) in [5, 5.41) is 5.63. The Morgan fingerprint density at radius 1 is 0.852 bits per heavy atom. The minimum absolute atomic E-state index is 0.116. The van der Waals surface area contributed by atoms with Gasteiger partial charge in [-0.1, -0.05) is 12.1 Å². The van der Waals surface area contributed by atoms with Gasteiger partial charge in [-0.3, -0.25) is 4.79 Å². The maximum absolute atomic E-state index is 12.6. The molecule has 1 fully saturated rings. The Bertz CT molecular complexity index is 842. The van der Waals surface area contributed by atoms with Crippen LogP contribution in [0.5, 0.6) is 0 Å². The number of nitrogens with zero attached hydrogens (tertiary/aromatic N) is 2. The summed E-state index contributed by atoms with van der Waals surface area (Å²) < 4.78 is 0. The number of carbonyl (C=O) groups excluding carboxylic acids is 2. The lowest BCUT2D eigenvalue weighted by Gasteiger charge is -2.36. The van der Waals surface area contributed by atoms with E-state index < -0.39 is 0 Å². The van der Waals surface area contributed by atoms with E-state index in [1.54, 1.807) is 18.2 Å². The number of benzene rings is 2. The number of rotatable bonds is 3. The van der Waals surface area contributed by atoms with Crippen LogP contribution < -0.4 is 15.5 Å². The van der Waals surface area contributed by atoms with Gasteiger partial charge in [0.2, 0.25) is 5.91 Å². The molecule has 0 saturated carbocycles. The molecular formula is C21H26N4O2. The molecule has 3 rings (SSSR count). The molecule has 6 nitrogen and oxygen atoms in total. The molecule has 3 amide bonds. The molecule has 2 aromatic rings. The highest BCUT2D eigenvalue weighted by atomic mass is 16.2. The zero-order valence-electron chi connectivity index (χ0n) is 16.1. The molecule has 2 N–H and O–H groups in total. The van der Waals surface area contributed by atoms with Gasteiger partial charge in [0, 0.05) is 50.2 Å². The second-order valence-electron chi connectivity index (χ2n) is 6.93. The topological polar surface area (TPSA) is 64.7 Å². The first-order chi connectivity index (χ1) is 12.9. The van der Waals surface area contributed by atoms with E-state index in [0.29, 0.717) is 24.5 Å². The first-order valence-corrected chi connectivity index (χ1v) is 9.18. The van der Waals surface area contributed by atoms with E-state index in [4.69, 9.17) is 0 Å². The molecule has 1 aliphatic rings. The fourth-order valence-corrected chi connectivity index (χ4v) is 3.17. The number of hydrogen-bond acceptors (Lipinski definition) is 3. The summed E-state index contributed by atoms with van der Waals surface area (Å²) in [6, 6.07) is 13.5. The summed E-state index contributed by atoms with van der Waals surface area (Å²) in [7, 11) is 0. The van der Waals surface area contributed by atoms with Gasteiger partial charge in [-0.15, -0.1) is 0 Å². The smallest absolute Gasteiger partial charge is 0.321 e. The quantitative estimate of drug-likeness (QED) is 0.872. The molecule has 1 saturated heterocycles. The molecule has 2 aromatic carbocycles. The van der Waals surface area contributed by atoms with Crippen molar-refractivity contribution in [1.29, 1.82) is 0 Å². The number of nitrogens with one attached hydrogen (secondary N) is 2. The minimum atomic E-state index is -0.138. The molecule has 0 spiro atoms. The van der Waals surface area contributed by atoms with E-state index in [-0.39, 0.29) is 11.9 Å². The lowest BCUT2D eigenvalue weighted by Crippen LogP contribution is -2.50. The molecule has 0 aliphatic carbocycles. The molecule has 0 unspecified atom stereocenters. The van der Waals surface area contributed by atoms with Crippen molar-refractivity contribution in [3.63, 3.8) is 0 Å². The van der Waals surface area contributed by atoms with Crippen LogP contribution in [0.15, 0.2) is 42.5 Å². The van der Waals surface area contributed by atoms with Gasteiger partial charge in [0.15, 0.2) is 0 Å². The van der Waals surface area contributed by atoms with Crippen LogP contribution in [0.1, 0.15) is 18.1 Å². The first kappa shape index (κ1) is 18.8. The molecular weight excluding hydrogens is 340 g/mol. The summed E-state index contributed by atoms with van der Waals surface area (Å²) >= 11 is 0. The Hall–Kier alpha value is -3.02. The number of hydrogen-bond donors (Lipinski definition) is 2. The van der Waals surface area contributed by atoms with E-state index in [1.165, 1.54) is 23.7 Å². The van der Waals surface area contributed by atoms with Gasteiger partial charge in [-0.05, 0) is 55.3 Å². The highest BCUT2D eigenvalue weighted by Crippen LogP contribution is 2.21. The third kappa shape index (κ3) is 4.78. The van der Waals surface area contributed by atoms with Crippen LogP contribution in [0, 0.1) is 13.8 Å². The normalized spacial score (nSPS) is 14.0. The summed E-state index contributed by atoms with van der Waals surface area (Å²) in [5.41, 5.74) is 5.12. The lowest BCUT2D eigenvalue weighted by molar-refractivity contribution is -0.114. The van der Waals surface area contributed by atoms with Crippen molar-refractivity contribution in [1.82, 2.24) is 4.90 Å². The zero-order valence-corrected chi connectivity index (χ0v) is 16.1. The first-order valence-electron chi connectivity index (χ1n) is 9.18. The van der Waals surface area contributed by atoms with Gasteiger partial charge in [0.05, 0.1) is 0 Å². The van der Waals surface area contributed by atoms with Crippen molar-refractivity contribution in [3.05, 3.63) is 53.6 Å². The Kier molecular flexibility index (Phi) is 5.64. The summed E-state index contributed by atoms with van der Waals surface area (Å²) in [4.78, 5) is 27.9. The maximum atomic E-state index is 12.6. The van der Waals surface area contributed by atoms with E-state index in [9.17, 15) is 9.59 Å². The number of anilines is 3. The van der Waals surface area contributed by atoms with Crippen molar-refractivity contribution in [2.75, 3.05) is 41.7 Å². The van der Waals surface area contributed by atoms with Gasteiger partial charge in [0.25, 0.3) is 0 Å². The average Bonchev–Trinajstić information content (AvgIpc) is 2.64. The average molecular weight is 366 g/mol. The predicted octanol–water partition coefficient (Wildman–Crippen LogP) is 3.62. The molecule has 0 aromatic heterocycles. The van der Waals surface area contributed by atoms with Crippen molar-refractivity contribution in [2.24, 2.45) is 0 Å². The molecule has 142 valence electrons. The van der Waals surface area contributed by atoms with Crippen LogP contribution in [0.3, 0.4) is 0 Å². The number of amides is 3. The van der Waals surface area contributed by atoms with Crippen LogP contribution in [-0.4, -0.2) is 43.0 Å². The van der Waals surface area contributed by atoms with Crippen LogP contribution in [0.25, 0.3) is 0 Å². The van der Waals surface area contributed by atoms with Gasteiger partial charge in [0.1, 0.15) is 0 Å². The van der Waals surface area contributed by atoms with E-state index in [2.05, 4.69) is 47.6 Å². The Labute approximate surface area is 160 Å². The number of urea groups is 1. The van der Waals surface area contributed by atoms with Gasteiger partial charge in [-0.2, -0.15) is 0 Å². The van der Waals surface area contributed by atoms with Crippen LogP contribution in [0.2, 0.25) is 0 Å². The van der Waals surface area contributed by atoms with Crippen LogP contribution >= 0.6 is 0 Å². The number of aryl methyl sites for hydroxylation is 2. The molecule has 0 radical (unpaired) electrons. The standard InChI is InChI=1S/C21H26N4O2/c1-15-7-8-20(13-16(15)2)24-9-11-25(12-10-24)21(27)23-19-6-4-5-18(14-19)22-17(3)26/h4-8,13-14H,9-12H2,1-3H3,(H,22,26)(H,23,27). The van der Waals surface area contributed by atoms with E-state index >= 15 is 0 Å². The van der Waals surface area contributed by atoms with E-state index in [0.717, 1.165) is 13.1 Å². The predicted molar refractivity (Wildman–Crippen MR) is 109 cm³/mol. The molecule has 1 heterocycles. The molecule has 0 bridgehead atoms. The molecule has 0 atom stereocenters. The van der Waals surface area contributed by atoms with Crippen molar-refractivity contribution in [2.45, 2.75) is 20.8 Å². The van der Waals surface area contributed by atoms with E-state index in [1.807, 2.05) is 11.0 Å². The van der Waals surface area contributed by atoms with Crippen molar-refractivity contribution < 1.29 is 9.59 Å². The number of carbonyl (C=O) groups is 2. The molecule has 1 aliphatic heterocycles.